The summed E-state index contributed by atoms with van der Waals surface area (Å²) >= 11 is 0. The monoisotopic (exact) mass is 147 g/mol. The molecule has 0 aliphatic carbocycles. The van der Waals surface area contributed by atoms with Crippen LogP contribution in [0.2, 0.25) is 0 Å². The molecule has 0 aromatic carbocycles. The van der Waals surface area contributed by atoms with Crippen LogP contribution in [-0.2, 0) is 0 Å². The second-order valence-electron chi connectivity index (χ2n) is 3.25. The highest BCUT2D eigenvalue weighted by Gasteiger charge is 2.26. The van der Waals surface area contributed by atoms with E-state index in [0.29, 0.717) is 6.54 Å². The quantitative estimate of drug-likeness (QED) is 0.647. The van der Waals surface area contributed by atoms with Crippen LogP contribution in [0.5, 0.6) is 0 Å². The fourth-order valence-corrected chi connectivity index (χ4v) is 1.23. The number of hydrogen-bond acceptors (Lipinski definition) is 1. The number of hydrogen-bond donors (Lipinski definition) is 1. The molecule has 2 N–H and O–H groups in total. The highest BCUT2D eigenvalue weighted by Crippen LogP contribution is 2.26. The van der Waals surface area contributed by atoms with Gasteiger partial charge in [-0.1, -0.05) is 13.3 Å². The van der Waals surface area contributed by atoms with E-state index >= 15 is 0 Å². The van der Waals surface area contributed by atoms with Gasteiger partial charge in [0.05, 0.1) is 0 Å². The molecular formula is C8H18FN. The Morgan fingerprint density at radius 1 is 1.50 bits per heavy atom. The molecule has 0 radical (unpaired) electrons. The van der Waals surface area contributed by atoms with Gasteiger partial charge in [0.25, 0.3) is 0 Å². The van der Waals surface area contributed by atoms with Gasteiger partial charge in [0.15, 0.2) is 0 Å². The number of rotatable bonds is 4. The van der Waals surface area contributed by atoms with Crippen molar-refractivity contribution in [2.24, 2.45) is 11.7 Å². The van der Waals surface area contributed by atoms with E-state index in [2.05, 4.69) is 0 Å². The second kappa shape index (κ2) is 3.91. The maximum Gasteiger partial charge on any atom is 0.108 e. The minimum atomic E-state index is -1.06. The Labute approximate surface area is 62.8 Å². The largest absolute Gasteiger partial charge is 0.330 e. The molecule has 0 bridgehead atoms. The van der Waals surface area contributed by atoms with E-state index in [-0.39, 0.29) is 5.92 Å². The topological polar surface area (TPSA) is 26.0 Å². The Morgan fingerprint density at radius 3 is 2.10 bits per heavy atom. The molecule has 0 saturated heterocycles. The lowest BCUT2D eigenvalue weighted by Gasteiger charge is -2.25. The highest BCUT2D eigenvalue weighted by atomic mass is 19.1. The summed E-state index contributed by atoms with van der Waals surface area (Å²) in [6, 6.07) is 0. The van der Waals surface area contributed by atoms with Crippen LogP contribution < -0.4 is 5.73 Å². The van der Waals surface area contributed by atoms with Crippen molar-refractivity contribution in [2.45, 2.75) is 39.3 Å². The van der Waals surface area contributed by atoms with Crippen LogP contribution in [0.25, 0.3) is 0 Å². The van der Waals surface area contributed by atoms with Crippen molar-refractivity contribution in [2.75, 3.05) is 6.54 Å². The molecule has 0 aromatic rings. The van der Waals surface area contributed by atoms with Gasteiger partial charge in [-0.3, -0.25) is 0 Å². The Hall–Kier alpha value is -0.110. The van der Waals surface area contributed by atoms with Crippen molar-refractivity contribution in [3.8, 4) is 0 Å². The molecule has 62 valence electrons. The van der Waals surface area contributed by atoms with Gasteiger partial charge in [-0.2, -0.15) is 0 Å². The molecule has 0 aliphatic heterocycles. The fourth-order valence-electron chi connectivity index (χ4n) is 1.23. The molecule has 0 spiro atoms. The standard InChI is InChI=1S/C8H18FN/c1-4-7(5-6-10)8(2,3)9/h7H,4-6,10H2,1-3H3. The Balaban J connectivity index is 3.81. The van der Waals surface area contributed by atoms with Crippen molar-refractivity contribution in [3.63, 3.8) is 0 Å². The molecule has 1 nitrogen and oxygen atoms in total. The highest BCUT2D eigenvalue weighted by molar-refractivity contribution is 4.76. The van der Waals surface area contributed by atoms with Gasteiger partial charge in [-0.05, 0) is 32.7 Å². The molecule has 1 unspecified atom stereocenters. The zero-order valence-corrected chi connectivity index (χ0v) is 7.15. The first-order valence-corrected chi connectivity index (χ1v) is 3.91. The van der Waals surface area contributed by atoms with Crippen molar-refractivity contribution in [1.82, 2.24) is 0 Å². The first-order chi connectivity index (χ1) is 4.52. The number of halogens is 1. The maximum absolute atomic E-state index is 13.2. The van der Waals surface area contributed by atoms with E-state index < -0.39 is 5.67 Å². The molecule has 0 aliphatic rings. The van der Waals surface area contributed by atoms with E-state index in [1.165, 1.54) is 0 Å². The third kappa shape index (κ3) is 3.16. The summed E-state index contributed by atoms with van der Waals surface area (Å²) < 4.78 is 13.2. The summed E-state index contributed by atoms with van der Waals surface area (Å²) in [4.78, 5) is 0. The van der Waals surface area contributed by atoms with E-state index in [9.17, 15) is 4.39 Å². The summed E-state index contributed by atoms with van der Waals surface area (Å²) in [5, 5.41) is 0. The Kier molecular flexibility index (Phi) is 3.87. The lowest BCUT2D eigenvalue weighted by atomic mass is 9.88. The Morgan fingerprint density at radius 2 is 2.00 bits per heavy atom. The molecule has 0 saturated carbocycles. The van der Waals surface area contributed by atoms with Gasteiger partial charge in [-0.25, -0.2) is 4.39 Å². The van der Waals surface area contributed by atoms with Crippen LogP contribution in [0.4, 0.5) is 4.39 Å². The van der Waals surface area contributed by atoms with Gasteiger partial charge >= 0.3 is 0 Å². The first kappa shape index (κ1) is 9.89. The molecule has 0 rings (SSSR count). The zero-order valence-electron chi connectivity index (χ0n) is 7.15. The van der Waals surface area contributed by atoms with Crippen LogP contribution in [0, 0.1) is 5.92 Å². The summed E-state index contributed by atoms with van der Waals surface area (Å²) in [5.41, 5.74) is 4.27. The molecule has 0 fully saturated rings. The average molecular weight is 147 g/mol. The average Bonchev–Trinajstić information content (AvgIpc) is 1.80. The van der Waals surface area contributed by atoms with Crippen molar-refractivity contribution >= 4 is 0 Å². The lowest BCUT2D eigenvalue weighted by molar-refractivity contribution is 0.116. The third-order valence-corrected chi connectivity index (χ3v) is 1.98. The molecule has 0 amide bonds. The van der Waals surface area contributed by atoms with Crippen molar-refractivity contribution < 1.29 is 4.39 Å². The summed E-state index contributed by atoms with van der Waals surface area (Å²) in [5.74, 6) is 0.123. The fraction of sp³-hybridized carbons (Fsp3) is 1.00. The summed E-state index contributed by atoms with van der Waals surface area (Å²) in [7, 11) is 0. The van der Waals surface area contributed by atoms with Gasteiger partial charge < -0.3 is 5.73 Å². The van der Waals surface area contributed by atoms with E-state index in [4.69, 9.17) is 5.73 Å². The molecular weight excluding hydrogens is 129 g/mol. The normalized spacial score (nSPS) is 15.3. The predicted octanol–water partition coefficient (Wildman–Crippen LogP) is 2.11. The SMILES string of the molecule is CCC(CCN)C(C)(C)F. The Bertz CT molecular complexity index is 85.7. The molecule has 2 heteroatoms. The zero-order chi connectivity index (χ0) is 8.20. The van der Waals surface area contributed by atoms with E-state index in [1.807, 2.05) is 6.92 Å². The smallest absolute Gasteiger partial charge is 0.108 e. The van der Waals surface area contributed by atoms with Gasteiger partial charge in [0.2, 0.25) is 0 Å². The van der Waals surface area contributed by atoms with Crippen LogP contribution in [0.15, 0.2) is 0 Å². The second-order valence-corrected chi connectivity index (χ2v) is 3.25. The van der Waals surface area contributed by atoms with Crippen LogP contribution >= 0.6 is 0 Å². The number of nitrogens with two attached hydrogens (primary N) is 1. The molecule has 0 heterocycles. The van der Waals surface area contributed by atoms with E-state index in [0.717, 1.165) is 12.8 Å². The molecule has 1 atom stereocenters. The lowest BCUT2D eigenvalue weighted by Crippen LogP contribution is -2.27. The maximum atomic E-state index is 13.2. The first-order valence-electron chi connectivity index (χ1n) is 3.91. The molecule has 0 aromatic heterocycles. The minimum absolute atomic E-state index is 0.123. The van der Waals surface area contributed by atoms with Crippen LogP contribution in [0.3, 0.4) is 0 Å². The van der Waals surface area contributed by atoms with Crippen molar-refractivity contribution in [1.29, 1.82) is 0 Å². The van der Waals surface area contributed by atoms with Crippen LogP contribution in [-0.4, -0.2) is 12.2 Å². The van der Waals surface area contributed by atoms with Gasteiger partial charge in [-0.15, -0.1) is 0 Å². The predicted molar refractivity (Wildman–Crippen MR) is 42.6 cm³/mol. The van der Waals surface area contributed by atoms with Crippen LogP contribution in [0.1, 0.15) is 33.6 Å². The summed E-state index contributed by atoms with van der Waals surface area (Å²) in [6.45, 7) is 5.83. The molecule has 10 heavy (non-hydrogen) atoms. The van der Waals surface area contributed by atoms with Gasteiger partial charge in [0, 0.05) is 0 Å². The van der Waals surface area contributed by atoms with E-state index in [1.54, 1.807) is 13.8 Å². The van der Waals surface area contributed by atoms with Crippen molar-refractivity contribution in [3.05, 3.63) is 0 Å². The summed E-state index contributed by atoms with van der Waals surface area (Å²) in [6.07, 6.45) is 1.67. The third-order valence-electron chi connectivity index (χ3n) is 1.98. The van der Waals surface area contributed by atoms with Gasteiger partial charge in [0.1, 0.15) is 5.67 Å². The number of alkyl halides is 1. The minimum Gasteiger partial charge on any atom is -0.330 e.